The van der Waals surface area contributed by atoms with Gasteiger partial charge in [0.05, 0.1) is 11.6 Å². The topological polar surface area (TPSA) is 16.4 Å². The Hall–Kier alpha value is -5.08. The largest absolute Gasteiger partial charge is 0.459 e. The second kappa shape index (κ2) is 9.21. The van der Waals surface area contributed by atoms with Gasteiger partial charge in [0, 0.05) is 33.6 Å². The number of nitrogens with zero attached hydrogens (tertiary/aromatic N) is 1. The summed E-state index contributed by atoms with van der Waals surface area (Å²) in [6.07, 6.45) is 0. The van der Waals surface area contributed by atoms with Gasteiger partial charge in [0.2, 0.25) is 0 Å². The van der Waals surface area contributed by atoms with E-state index in [0.717, 1.165) is 39.5 Å². The van der Waals surface area contributed by atoms with Gasteiger partial charge in [-0.1, -0.05) is 117 Å². The number of fused-ring (bicyclic) bond motifs is 3. The van der Waals surface area contributed by atoms with E-state index in [1.54, 1.807) is 0 Å². The van der Waals surface area contributed by atoms with Crippen molar-refractivity contribution in [2.75, 3.05) is 4.90 Å². The van der Waals surface area contributed by atoms with Crippen LogP contribution < -0.4 is 4.90 Å². The Balaban J connectivity index is 1.14. The highest BCUT2D eigenvalue weighted by molar-refractivity contribution is 5.99. The molecule has 0 saturated carbocycles. The second-order valence-corrected chi connectivity index (χ2v) is 13.0. The Morgan fingerprint density at radius 2 is 1.36 bits per heavy atom. The molecule has 0 N–H and O–H groups in total. The van der Waals surface area contributed by atoms with Crippen molar-refractivity contribution in [3.05, 3.63) is 161 Å². The molecule has 0 saturated heterocycles. The van der Waals surface area contributed by atoms with Gasteiger partial charge in [0.25, 0.3) is 0 Å². The number of rotatable bonds is 5. The Morgan fingerprint density at radius 1 is 0.659 bits per heavy atom. The molecule has 1 aromatic heterocycles. The lowest BCUT2D eigenvalue weighted by atomic mass is 9.74. The predicted octanol–water partition coefficient (Wildman–Crippen LogP) is 11.6. The minimum absolute atomic E-state index is 0.150. The van der Waals surface area contributed by atoms with Crippen LogP contribution in [0.2, 0.25) is 0 Å². The SMILES string of the molecule is Cc1c([C@H]2c3ccc4cc3C(C)(C)C42)oc2c(-c3ccc(N(c4ccccc4)c4cccc5ccccc45)cc3)cccc12. The fourth-order valence-corrected chi connectivity index (χ4v) is 8.25. The van der Waals surface area contributed by atoms with E-state index in [1.165, 1.54) is 38.4 Å². The fourth-order valence-electron chi connectivity index (χ4n) is 8.25. The van der Waals surface area contributed by atoms with Gasteiger partial charge in [-0.25, -0.2) is 0 Å². The zero-order valence-corrected chi connectivity index (χ0v) is 25.2. The molecule has 1 heterocycles. The van der Waals surface area contributed by atoms with Crippen LogP contribution in [0.5, 0.6) is 0 Å². The van der Waals surface area contributed by atoms with Crippen LogP contribution in [0.25, 0.3) is 32.9 Å². The smallest absolute Gasteiger partial charge is 0.142 e. The summed E-state index contributed by atoms with van der Waals surface area (Å²) >= 11 is 0. The van der Waals surface area contributed by atoms with Crippen molar-refractivity contribution >= 4 is 38.8 Å². The lowest BCUT2D eigenvalue weighted by Crippen LogP contribution is -2.21. The minimum Gasteiger partial charge on any atom is -0.459 e. The minimum atomic E-state index is 0.150. The van der Waals surface area contributed by atoms with Crippen molar-refractivity contribution in [3.63, 3.8) is 0 Å². The first kappa shape index (κ1) is 25.4. The van der Waals surface area contributed by atoms with Crippen molar-refractivity contribution in [1.82, 2.24) is 0 Å². The molecule has 0 fully saturated rings. The van der Waals surface area contributed by atoms with Gasteiger partial charge in [0.15, 0.2) is 0 Å². The number of aryl methyl sites for hydroxylation is 1. The van der Waals surface area contributed by atoms with Gasteiger partial charge < -0.3 is 9.32 Å². The third kappa shape index (κ3) is 3.48. The van der Waals surface area contributed by atoms with Gasteiger partial charge in [-0.3, -0.25) is 0 Å². The van der Waals surface area contributed by atoms with Gasteiger partial charge >= 0.3 is 0 Å². The maximum Gasteiger partial charge on any atom is 0.142 e. The maximum absolute atomic E-state index is 6.93. The molecule has 3 aliphatic rings. The van der Waals surface area contributed by atoms with E-state index in [2.05, 4.69) is 159 Å². The second-order valence-electron chi connectivity index (χ2n) is 13.0. The van der Waals surface area contributed by atoms with Crippen molar-refractivity contribution in [2.24, 2.45) is 0 Å². The monoisotopic (exact) mass is 567 g/mol. The molecule has 2 atom stereocenters. The van der Waals surface area contributed by atoms with E-state index in [1.807, 2.05) is 0 Å². The van der Waals surface area contributed by atoms with E-state index in [0.29, 0.717) is 11.8 Å². The lowest BCUT2D eigenvalue weighted by molar-refractivity contribution is 0.399. The summed E-state index contributed by atoms with van der Waals surface area (Å²) in [5.74, 6) is 1.89. The van der Waals surface area contributed by atoms with Crippen LogP contribution in [-0.4, -0.2) is 0 Å². The maximum atomic E-state index is 6.93. The summed E-state index contributed by atoms with van der Waals surface area (Å²) in [5, 5.41) is 3.67. The van der Waals surface area contributed by atoms with Crippen LogP contribution in [0.1, 0.15) is 53.7 Å². The van der Waals surface area contributed by atoms with Crippen LogP contribution in [0, 0.1) is 6.92 Å². The van der Waals surface area contributed by atoms with Crippen molar-refractivity contribution in [1.29, 1.82) is 0 Å². The standard InChI is InChI=1S/C42H33NO/c1-26-32-16-10-17-34(41(32)44-40(26)38-35-24-21-29-25-36(35)42(2,3)39(29)38)28-19-22-31(23-20-28)43(30-13-5-4-6-14-30)37-18-9-12-27-11-7-8-15-33(27)37/h4-25,38-39H,1-3H3/t38-,39?/m0/s1. The molecule has 0 amide bonds. The highest BCUT2D eigenvalue weighted by Gasteiger charge is 2.53. The lowest BCUT2D eigenvalue weighted by Gasteiger charge is -2.28. The molecule has 1 unspecified atom stereocenters. The Kier molecular flexibility index (Phi) is 5.32. The number of furan rings is 1. The van der Waals surface area contributed by atoms with Crippen molar-refractivity contribution in [2.45, 2.75) is 38.0 Å². The van der Waals surface area contributed by atoms with Gasteiger partial charge in [-0.05, 0) is 75.9 Å². The molecule has 4 bridgehead atoms. The van der Waals surface area contributed by atoms with Gasteiger partial charge in [-0.15, -0.1) is 0 Å². The summed E-state index contributed by atoms with van der Waals surface area (Å²) in [4.78, 5) is 2.35. The first-order valence-electron chi connectivity index (χ1n) is 15.6. The van der Waals surface area contributed by atoms with Crippen LogP contribution in [0.3, 0.4) is 0 Å². The summed E-state index contributed by atoms with van der Waals surface area (Å²) in [7, 11) is 0. The highest BCUT2D eigenvalue weighted by atomic mass is 16.3. The molecule has 2 nitrogen and oxygen atoms in total. The zero-order valence-electron chi connectivity index (χ0n) is 25.2. The molecule has 7 aromatic rings. The van der Waals surface area contributed by atoms with Crippen LogP contribution in [0.15, 0.2) is 138 Å². The van der Waals surface area contributed by atoms with E-state index in [-0.39, 0.29) is 5.41 Å². The zero-order chi connectivity index (χ0) is 29.6. The number of para-hydroxylation sites is 2. The van der Waals surface area contributed by atoms with E-state index < -0.39 is 0 Å². The molecule has 0 spiro atoms. The molecule has 3 aliphatic carbocycles. The Bertz CT molecular complexity index is 2220. The number of anilines is 3. The summed E-state index contributed by atoms with van der Waals surface area (Å²) in [6, 6.07) is 48.4. The summed E-state index contributed by atoms with van der Waals surface area (Å²) in [6.45, 7) is 7.03. The van der Waals surface area contributed by atoms with E-state index in [9.17, 15) is 0 Å². The molecule has 0 aliphatic heterocycles. The van der Waals surface area contributed by atoms with Crippen LogP contribution in [0.4, 0.5) is 17.1 Å². The molecular formula is C42H33NO. The van der Waals surface area contributed by atoms with Crippen molar-refractivity contribution < 1.29 is 4.42 Å². The van der Waals surface area contributed by atoms with Crippen LogP contribution in [-0.2, 0) is 5.41 Å². The average molecular weight is 568 g/mol. The van der Waals surface area contributed by atoms with Gasteiger partial charge in [0.1, 0.15) is 11.3 Å². The highest BCUT2D eigenvalue weighted by Crippen LogP contribution is 2.64. The quantitative estimate of drug-likeness (QED) is 0.206. The fraction of sp³-hybridized carbons (Fsp3) is 0.143. The van der Waals surface area contributed by atoms with Gasteiger partial charge in [-0.2, -0.15) is 0 Å². The first-order valence-corrected chi connectivity index (χ1v) is 15.6. The molecule has 0 radical (unpaired) electrons. The van der Waals surface area contributed by atoms with E-state index >= 15 is 0 Å². The average Bonchev–Trinajstić information content (AvgIpc) is 3.59. The third-order valence-electron chi connectivity index (χ3n) is 10.3. The third-order valence-corrected chi connectivity index (χ3v) is 10.3. The summed E-state index contributed by atoms with van der Waals surface area (Å²) in [5.41, 5.74) is 12.5. The number of benzene rings is 6. The molecule has 44 heavy (non-hydrogen) atoms. The first-order chi connectivity index (χ1) is 21.5. The van der Waals surface area contributed by atoms with Crippen molar-refractivity contribution in [3.8, 4) is 11.1 Å². The van der Waals surface area contributed by atoms with E-state index in [4.69, 9.17) is 4.42 Å². The molecule has 212 valence electrons. The predicted molar refractivity (Wildman–Crippen MR) is 183 cm³/mol. The number of hydrogen-bond donors (Lipinski definition) is 0. The Labute approximate surface area is 258 Å². The summed E-state index contributed by atoms with van der Waals surface area (Å²) < 4.78 is 6.93. The number of hydrogen-bond acceptors (Lipinski definition) is 2. The molecule has 6 aromatic carbocycles. The molecule has 2 heteroatoms. The molecular weight excluding hydrogens is 534 g/mol. The molecule has 10 rings (SSSR count). The van der Waals surface area contributed by atoms with Crippen LogP contribution >= 0.6 is 0 Å². The normalized spacial score (nSPS) is 17.6. The Morgan fingerprint density at radius 3 is 2.16 bits per heavy atom.